The van der Waals surface area contributed by atoms with Crippen LogP contribution in [0, 0.1) is 5.92 Å². The van der Waals surface area contributed by atoms with Crippen molar-refractivity contribution < 1.29 is 9.90 Å². The van der Waals surface area contributed by atoms with Crippen LogP contribution in [-0.4, -0.2) is 20.6 Å². The molecule has 0 bridgehead atoms. The van der Waals surface area contributed by atoms with Gasteiger partial charge in [-0.05, 0) is 37.2 Å². The first kappa shape index (κ1) is 14.3. The van der Waals surface area contributed by atoms with Crippen molar-refractivity contribution in [3.63, 3.8) is 0 Å². The molecule has 5 nitrogen and oxygen atoms in total. The average molecular weight is 306 g/mol. The SMILES string of the molecule is CC[C@H](C(=O)O)n1cnc2sc3c(c2c1=O)CC[C@H](C)C3. The number of fused-ring (bicyclic) bond motifs is 3. The van der Waals surface area contributed by atoms with Crippen LogP contribution < -0.4 is 5.56 Å². The summed E-state index contributed by atoms with van der Waals surface area (Å²) >= 11 is 1.58. The van der Waals surface area contributed by atoms with Crippen molar-refractivity contribution in [1.29, 1.82) is 0 Å². The molecule has 21 heavy (non-hydrogen) atoms. The zero-order valence-corrected chi connectivity index (χ0v) is 12.9. The predicted octanol–water partition coefficient (Wildman–Crippen LogP) is 2.62. The maximum Gasteiger partial charge on any atom is 0.326 e. The molecule has 0 aromatic carbocycles. The molecule has 0 saturated carbocycles. The lowest BCUT2D eigenvalue weighted by Gasteiger charge is -2.18. The zero-order chi connectivity index (χ0) is 15.1. The van der Waals surface area contributed by atoms with Crippen LogP contribution in [0.4, 0.5) is 0 Å². The highest BCUT2D eigenvalue weighted by Crippen LogP contribution is 2.35. The normalized spacial score (nSPS) is 19.4. The first-order valence-corrected chi connectivity index (χ1v) is 8.08. The molecule has 3 rings (SSSR count). The molecule has 0 fully saturated rings. The summed E-state index contributed by atoms with van der Waals surface area (Å²) in [5.41, 5.74) is 0.890. The van der Waals surface area contributed by atoms with Crippen LogP contribution in [0.15, 0.2) is 11.1 Å². The molecule has 0 unspecified atom stereocenters. The summed E-state index contributed by atoms with van der Waals surface area (Å²) in [6.45, 7) is 3.98. The molecule has 0 radical (unpaired) electrons. The number of hydrogen-bond donors (Lipinski definition) is 1. The van der Waals surface area contributed by atoms with Crippen molar-refractivity contribution in [1.82, 2.24) is 9.55 Å². The average Bonchev–Trinajstić information content (AvgIpc) is 2.79. The van der Waals surface area contributed by atoms with Crippen LogP contribution in [0.1, 0.15) is 43.2 Å². The van der Waals surface area contributed by atoms with Gasteiger partial charge in [0.05, 0.1) is 11.7 Å². The van der Waals surface area contributed by atoms with Crippen LogP contribution >= 0.6 is 11.3 Å². The molecule has 0 saturated heterocycles. The second kappa shape index (κ2) is 5.26. The standard InChI is InChI=1S/C15H18N2O3S/c1-3-10(15(19)20)17-7-16-13-12(14(17)18)9-5-4-8(2)6-11(9)21-13/h7-8,10H,3-6H2,1-2H3,(H,19,20)/t8-,10+/m0/s1. The van der Waals surface area contributed by atoms with Gasteiger partial charge in [0.2, 0.25) is 0 Å². The molecule has 1 aliphatic rings. The number of aryl methyl sites for hydroxylation is 1. The van der Waals surface area contributed by atoms with E-state index < -0.39 is 12.0 Å². The summed E-state index contributed by atoms with van der Waals surface area (Å²) in [6.07, 6.45) is 4.71. The molecule has 1 N–H and O–H groups in total. The van der Waals surface area contributed by atoms with Crippen molar-refractivity contribution in [2.75, 3.05) is 0 Å². The van der Waals surface area contributed by atoms with Crippen molar-refractivity contribution in [2.24, 2.45) is 5.92 Å². The van der Waals surface area contributed by atoms with Crippen molar-refractivity contribution in [3.8, 4) is 0 Å². The third-order valence-electron chi connectivity index (χ3n) is 4.25. The van der Waals surface area contributed by atoms with E-state index in [1.807, 2.05) is 0 Å². The molecule has 2 heterocycles. The number of nitrogens with zero attached hydrogens (tertiary/aromatic N) is 2. The molecule has 2 aromatic rings. The third-order valence-corrected chi connectivity index (χ3v) is 5.41. The van der Waals surface area contributed by atoms with Gasteiger partial charge in [-0.1, -0.05) is 13.8 Å². The summed E-state index contributed by atoms with van der Waals surface area (Å²) in [5, 5.41) is 9.90. The lowest BCUT2D eigenvalue weighted by atomic mass is 9.89. The molecular formula is C15H18N2O3S. The summed E-state index contributed by atoms with van der Waals surface area (Å²) in [4.78, 5) is 30.4. The molecule has 6 heteroatoms. The molecule has 2 atom stereocenters. The molecule has 1 aliphatic carbocycles. The summed E-state index contributed by atoms with van der Waals surface area (Å²) in [7, 11) is 0. The van der Waals surface area contributed by atoms with Gasteiger partial charge in [-0.3, -0.25) is 9.36 Å². The number of carbonyl (C=O) groups is 1. The Morgan fingerprint density at radius 3 is 3.05 bits per heavy atom. The van der Waals surface area contributed by atoms with E-state index >= 15 is 0 Å². The fourth-order valence-electron chi connectivity index (χ4n) is 3.06. The van der Waals surface area contributed by atoms with Crippen LogP contribution in [0.25, 0.3) is 10.2 Å². The highest BCUT2D eigenvalue weighted by molar-refractivity contribution is 7.18. The molecule has 0 spiro atoms. The van der Waals surface area contributed by atoms with Gasteiger partial charge in [-0.15, -0.1) is 11.3 Å². The van der Waals surface area contributed by atoms with Crippen LogP contribution in [0.5, 0.6) is 0 Å². The Hall–Kier alpha value is -1.69. The minimum atomic E-state index is -0.988. The first-order valence-electron chi connectivity index (χ1n) is 7.27. The number of carboxylic acids is 1. The van der Waals surface area contributed by atoms with Crippen LogP contribution in [0.2, 0.25) is 0 Å². The van der Waals surface area contributed by atoms with Crippen molar-refractivity contribution >= 4 is 27.5 Å². The number of rotatable bonds is 3. The van der Waals surface area contributed by atoms with Crippen LogP contribution in [0.3, 0.4) is 0 Å². The topological polar surface area (TPSA) is 72.2 Å². The molecule has 0 aliphatic heterocycles. The van der Waals surface area contributed by atoms with E-state index in [9.17, 15) is 14.7 Å². The summed E-state index contributed by atoms with van der Waals surface area (Å²) in [5.74, 6) is -0.353. The van der Waals surface area contributed by atoms with Gasteiger partial charge in [-0.2, -0.15) is 0 Å². The Balaban J connectivity index is 2.21. The van der Waals surface area contributed by atoms with Gasteiger partial charge in [0.25, 0.3) is 5.56 Å². The van der Waals surface area contributed by atoms with E-state index in [-0.39, 0.29) is 5.56 Å². The Morgan fingerprint density at radius 2 is 2.38 bits per heavy atom. The predicted molar refractivity (Wildman–Crippen MR) is 82.0 cm³/mol. The fraction of sp³-hybridized carbons (Fsp3) is 0.533. The lowest BCUT2D eigenvalue weighted by Crippen LogP contribution is -2.30. The van der Waals surface area contributed by atoms with Crippen LogP contribution in [-0.2, 0) is 17.6 Å². The van der Waals surface area contributed by atoms with Gasteiger partial charge < -0.3 is 5.11 Å². The number of hydrogen-bond acceptors (Lipinski definition) is 4. The second-order valence-corrected chi connectivity index (χ2v) is 6.83. The zero-order valence-electron chi connectivity index (χ0n) is 12.1. The summed E-state index contributed by atoms with van der Waals surface area (Å²) in [6, 6.07) is -0.840. The van der Waals surface area contributed by atoms with Crippen molar-refractivity contribution in [2.45, 2.75) is 45.6 Å². The van der Waals surface area contributed by atoms with Gasteiger partial charge >= 0.3 is 5.97 Å². The van der Waals surface area contributed by atoms with Gasteiger partial charge in [0.1, 0.15) is 10.9 Å². The second-order valence-electron chi connectivity index (χ2n) is 5.75. The Morgan fingerprint density at radius 1 is 1.62 bits per heavy atom. The highest BCUT2D eigenvalue weighted by Gasteiger charge is 2.25. The van der Waals surface area contributed by atoms with Gasteiger partial charge in [0, 0.05) is 4.88 Å². The Kier molecular flexibility index (Phi) is 3.57. The third kappa shape index (κ3) is 2.27. The lowest BCUT2D eigenvalue weighted by molar-refractivity contribution is -0.141. The molecule has 112 valence electrons. The number of thiophene rings is 1. The Bertz CT molecular complexity index is 762. The minimum absolute atomic E-state index is 0.207. The monoisotopic (exact) mass is 306 g/mol. The van der Waals surface area contributed by atoms with E-state index in [4.69, 9.17) is 0 Å². The van der Waals surface area contributed by atoms with E-state index in [0.717, 1.165) is 29.7 Å². The fourth-order valence-corrected chi connectivity index (χ4v) is 4.40. The maximum atomic E-state index is 12.7. The first-order chi connectivity index (χ1) is 10.0. The molecule has 0 amide bonds. The van der Waals surface area contributed by atoms with Gasteiger partial charge in [-0.25, -0.2) is 9.78 Å². The summed E-state index contributed by atoms with van der Waals surface area (Å²) < 4.78 is 1.27. The van der Waals surface area contributed by atoms with E-state index in [1.165, 1.54) is 15.8 Å². The number of aromatic nitrogens is 2. The quantitative estimate of drug-likeness (QED) is 0.946. The number of carboxylic acid groups (broad SMARTS) is 1. The van der Waals surface area contributed by atoms with E-state index in [0.29, 0.717) is 17.7 Å². The molecule has 2 aromatic heterocycles. The number of aliphatic carboxylic acids is 1. The molecular weight excluding hydrogens is 288 g/mol. The maximum absolute atomic E-state index is 12.7. The van der Waals surface area contributed by atoms with E-state index in [2.05, 4.69) is 11.9 Å². The van der Waals surface area contributed by atoms with E-state index in [1.54, 1.807) is 18.3 Å². The highest BCUT2D eigenvalue weighted by atomic mass is 32.1. The van der Waals surface area contributed by atoms with Gasteiger partial charge in [0.15, 0.2) is 0 Å². The largest absolute Gasteiger partial charge is 0.480 e. The Labute approximate surface area is 126 Å². The van der Waals surface area contributed by atoms with Crippen molar-refractivity contribution in [3.05, 3.63) is 27.1 Å². The minimum Gasteiger partial charge on any atom is -0.480 e. The smallest absolute Gasteiger partial charge is 0.326 e.